The van der Waals surface area contributed by atoms with E-state index in [1.807, 2.05) is 0 Å². The zero-order chi connectivity index (χ0) is 8.81. The fraction of sp³-hybridized carbons (Fsp3) is 1.00. The first-order valence-electron chi connectivity index (χ1n) is 5.20. The highest BCUT2D eigenvalue weighted by atomic mass is 16.5. The maximum atomic E-state index is 5.59. The molecule has 72 valence electrons. The molecule has 1 heterocycles. The molecule has 0 aliphatic carbocycles. The summed E-state index contributed by atoms with van der Waals surface area (Å²) >= 11 is 0. The molecular formula is C10H21NO. The van der Waals surface area contributed by atoms with E-state index in [4.69, 9.17) is 4.74 Å². The molecule has 1 unspecified atom stereocenters. The van der Waals surface area contributed by atoms with Crippen molar-refractivity contribution in [3.05, 3.63) is 0 Å². The minimum atomic E-state index is 0.525. The minimum absolute atomic E-state index is 0.525. The Morgan fingerprint density at radius 2 is 2.25 bits per heavy atom. The molecule has 0 bridgehead atoms. The van der Waals surface area contributed by atoms with Crippen LogP contribution < -0.4 is 0 Å². The van der Waals surface area contributed by atoms with Crippen LogP contribution in [0.5, 0.6) is 0 Å². The number of hydrogen-bond acceptors (Lipinski definition) is 2. The number of rotatable bonds is 5. The van der Waals surface area contributed by atoms with E-state index < -0.39 is 0 Å². The van der Waals surface area contributed by atoms with Crippen LogP contribution in [0.4, 0.5) is 0 Å². The summed E-state index contributed by atoms with van der Waals surface area (Å²) in [6.07, 6.45) is 4.30. The second-order valence-electron chi connectivity index (χ2n) is 3.53. The third-order valence-electron chi connectivity index (χ3n) is 2.47. The highest BCUT2D eigenvalue weighted by Crippen LogP contribution is 2.13. The van der Waals surface area contributed by atoms with Gasteiger partial charge in [0.25, 0.3) is 0 Å². The molecule has 2 nitrogen and oxygen atoms in total. The van der Waals surface area contributed by atoms with Gasteiger partial charge in [-0.3, -0.25) is 0 Å². The molecule has 0 aromatic carbocycles. The van der Waals surface area contributed by atoms with Crippen molar-refractivity contribution in [3.63, 3.8) is 0 Å². The van der Waals surface area contributed by atoms with E-state index >= 15 is 0 Å². The number of nitrogens with zero attached hydrogens (tertiary/aromatic N) is 1. The van der Waals surface area contributed by atoms with Crippen molar-refractivity contribution in [1.82, 2.24) is 4.90 Å². The number of hydrogen-bond donors (Lipinski definition) is 0. The molecule has 1 aliphatic heterocycles. The maximum absolute atomic E-state index is 5.59. The standard InChI is InChI=1S/C10H21NO/c1-3-7-11(4-2)9-10-6-5-8-12-10/h10H,3-9H2,1-2H3. The molecule has 0 aromatic rings. The van der Waals surface area contributed by atoms with Gasteiger partial charge in [-0.2, -0.15) is 0 Å². The summed E-state index contributed by atoms with van der Waals surface area (Å²) in [5.74, 6) is 0. The van der Waals surface area contributed by atoms with Gasteiger partial charge in [0, 0.05) is 13.2 Å². The smallest absolute Gasteiger partial charge is 0.0702 e. The molecule has 1 fully saturated rings. The Balaban J connectivity index is 2.16. The number of likely N-dealkylation sites (N-methyl/N-ethyl adjacent to an activating group) is 1. The molecule has 0 aromatic heterocycles. The second kappa shape index (κ2) is 5.55. The first-order valence-corrected chi connectivity index (χ1v) is 5.20. The lowest BCUT2D eigenvalue weighted by Gasteiger charge is -2.22. The second-order valence-corrected chi connectivity index (χ2v) is 3.53. The topological polar surface area (TPSA) is 12.5 Å². The molecule has 0 N–H and O–H groups in total. The number of ether oxygens (including phenoxy) is 1. The molecule has 1 atom stereocenters. The average molecular weight is 171 g/mol. The quantitative estimate of drug-likeness (QED) is 0.626. The van der Waals surface area contributed by atoms with Crippen molar-refractivity contribution >= 4 is 0 Å². The van der Waals surface area contributed by atoms with Crippen molar-refractivity contribution in [2.24, 2.45) is 0 Å². The molecule has 0 spiro atoms. The van der Waals surface area contributed by atoms with Gasteiger partial charge < -0.3 is 9.64 Å². The fourth-order valence-corrected chi connectivity index (χ4v) is 1.77. The normalized spacial score (nSPS) is 23.8. The third-order valence-corrected chi connectivity index (χ3v) is 2.47. The van der Waals surface area contributed by atoms with E-state index in [-0.39, 0.29) is 0 Å². The Morgan fingerprint density at radius 1 is 1.42 bits per heavy atom. The van der Waals surface area contributed by atoms with Crippen LogP contribution in [-0.4, -0.2) is 37.2 Å². The van der Waals surface area contributed by atoms with E-state index in [0.29, 0.717) is 6.10 Å². The zero-order valence-electron chi connectivity index (χ0n) is 8.38. The first kappa shape index (κ1) is 10.0. The van der Waals surface area contributed by atoms with Crippen LogP contribution in [0, 0.1) is 0 Å². The molecule has 0 saturated carbocycles. The lowest BCUT2D eigenvalue weighted by atomic mass is 10.2. The van der Waals surface area contributed by atoms with Crippen LogP contribution in [0.25, 0.3) is 0 Å². The summed E-state index contributed by atoms with van der Waals surface area (Å²) < 4.78 is 5.59. The van der Waals surface area contributed by atoms with Crippen molar-refractivity contribution < 1.29 is 4.74 Å². The van der Waals surface area contributed by atoms with Crippen LogP contribution in [0.15, 0.2) is 0 Å². The predicted molar refractivity (Wildman–Crippen MR) is 51.4 cm³/mol. The average Bonchev–Trinajstić information content (AvgIpc) is 2.56. The van der Waals surface area contributed by atoms with Gasteiger partial charge in [-0.15, -0.1) is 0 Å². The Hall–Kier alpha value is -0.0800. The Morgan fingerprint density at radius 3 is 2.75 bits per heavy atom. The fourth-order valence-electron chi connectivity index (χ4n) is 1.77. The third kappa shape index (κ3) is 3.11. The van der Waals surface area contributed by atoms with Gasteiger partial charge in [0.15, 0.2) is 0 Å². The Labute approximate surface area is 75.9 Å². The highest BCUT2D eigenvalue weighted by Gasteiger charge is 2.17. The Kier molecular flexibility index (Phi) is 4.62. The van der Waals surface area contributed by atoms with Crippen LogP contribution in [0.3, 0.4) is 0 Å². The van der Waals surface area contributed by atoms with Gasteiger partial charge in [0.05, 0.1) is 6.10 Å². The molecule has 1 aliphatic rings. The molecule has 2 heteroatoms. The highest BCUT2D eigenvalue weighted by molar-refractivity contribution is 4.69. The van der Waals surface area contributed by atoms with E-state index in [0.717, 1.165) is 19.7 Å². The van der Waals surface area contributed by atoms with E-state index in [2.05, 4.69) is 18.7 Å². The molecule has 0 amide bonds. The zero-order valence-corrected chi connectivity index (χ0v) is 8.38. The van der Waals surface area contributed by atoms with Gasteiger partial charge >= 0.3 is 0 Å². The summed E-state index contributed by atoms with van der Waals surface area (Å²) in [7, 11) is 0. The van der Waals surface area contributed by atoms with Crippen LogP contribution in [-0.2, 0) is 4.74 Å². The molecular weight excluding hydrogens is 150 g/mol. The van der Waals surface area contributed by atoms with Gasteiger partial charge in [-0.25, -0.2) is 0 Å². The van der Waals surface area contributed by atoms with Crippen LogP contribution in [0.1, 0.15) is 33.1 Å². The molecule has 0 radical (unpaired) electrons. The predicted octanol–water partition coefficient (Wildman–Crippen LogP) is 1.90. The minimum Gasteiger partial charge on any atom is -0.377 e. The lowest BCUT2D eigenvalue weighted by Crippen LogP contribution is -2.32. The van der Waals surface area contributed by atoms with E-state index in [1.165, 1.54) is 25.8 Å². The van der Waals surface area contributed by atoms with Gasteiger partial charge in [0.2, 0.25) is 0 Å². The van der Waals surface area contributed by atoms with E-state index in [1.54, 1.807) is 0 Å². The molecule has 1 saturated heterocycles. The maximum Gasteiger partial charge on any atom is 0.0702 e. The summed E-state index contributed by atoms with van der Waals surface area (Å²) in [4.78, 5) is 2.48. The lowest BCUT2D eigenvalue weighted by molar-refractivity contribution is 0.0749. The van der Waals surface area contributed by atoms with Gasteiger partial charge in [-0.1, -0.05) is 13.8 Å². The molecule has 12 heavy (non-hydrogen) atoms. The summed E-state index contributed by atoms with van der Waals surface area (Å²) in [6.45, 7) is 8.96. The Bertz CT molecular complexity index is 110. The van der Waals surface area contributed by atoms with Crippen molar-refractivity contribution in [1.29, 1.82) is 0 Å². The van der Waals surface area contributed by atoms with Crippen molar-refractivity contribution in [2.45, 2.75) is 39.2 Å². The van der Waals surface area contributed by atoms with E-state index in [9.17, 15) is 0 Å². The SMILES string of the molecule is CCCN(CC)CC1CCCO1. The largest absolute Gasteiger partial charge is 0.377 e. The first-order chi connectivity index (χ1) is 5.86. The van der Waals surface area contributed by atoms with Gasteiger partial charge in [-0.05, 0) is 32.4 Å². The summed E-state index contributed by atoms with van der Waals surface area (Å²) in [6, 6.07) is 0. The summed E-state index contributed by atoms with van der Waals surface area (Å²) in [5.41, 5.74) is 0. The van der Waals surface area contributed by atoms with Crippen molar-refractivity contribution in [2.75, 3.05) is 26.2 Å². The monoisotopic (exact) mass is 171 g/mol. The van der Waals surface area contributed by atoms with Crippen LogP contribution in [0.2, 0.25) is 0 Å². The summed E-state index contributed by atoms with van der Waals surface area (Å²) in [5, 5.41) is 0. The molecule has 1 rings (SSSR count). The van der Waals surface area contributed by atoms with Gasteiger partial charge in [0.1, 0.15) is 0 Å². The van der Waals surface area contributed by atoms with Crippen LogP contribution >= 0.6 is 0 Å². The van der Waals surface area contributed by atoms with Crippen molar-refractivity contribution in [3.8, 4) is 0 Å².